The minimum atomic E-state index is -0.0419. The summed E-state index contributed by atoms with van der Waals surface area (Å²) in [7, 11) is 0. The lowest BCUT2D eigenvalue weighted by atomic mass is 10.2. The molecule has 2 aromatic rings. The molecule has 2 aromatic carbocycles. The number of thioether (sulfide) groups is 1. The molecule has 0 aliphatic carbocycles. The maximum absolute atomic E-state index is 12.0. The smallest absolute Gasteiger partial charge is 0.230 e. The Morgan fingerprint density at radius 3 is 2.62 bits per heavy atom. The van der Waals surface area contributed by atoms with Crippen LogP contribution in [-0.2, 0) is 10.5 Å². The van der Waals surface area contributed by atoms with Gasteiger partial charge in [-0.3, -0.25) is 4.79 Å². The van der Waals surface area contributed by atoms with Crippen LogP contribution in [0.4, 0.5) is 0 Å². The summed E-state index contributed by atoms with van der Waals surface area (Å²) in [6.07, 6.45) is 0. The summed E-state index contributed by atoms with van der Waals surface area (Å²) in [6.45, 7) is 4.42. The van der Waals surface area contributed by atoms with Crippen LogP contribution in [0.3, 0.4) is 0 Å². The topological polar surface area (TPSA) is 38.3 Å². The number of nitrogens with one attached hydrogen (secondary N) is 1. The number of amides is 1. The van der Waals surface area contributed by atoms with Gasteiger partial charge in [-0.25, -0.2) is 0 Å². The van der Waals surface area contributed by atoms with Crippen LogP contribution in [0.2, 0.25) is 5.02 Å². The molecular formula is C19H22ClNO2S. The highest BCUT2D eigenvalue weighted by molar-refractivity contribution is 7.99. The summed E-state index contributed by atoms with van der Waals surface area (Å²) < 4.78 is 5.67. The molecule has 0 unspecified atom stereocenters. The standard InChI is InChI=1S/C19H22ClNO2S/c1-14-7-9-17(10-8-14)23-11-15(2)21-19(22)13-24-12-16-5-3-4-6-18(16)20/h3-10,15H,11-13H2,1-2H3,(H,21,22)/t15-/m0/s1. The Morgan fingerprint density at radius 2 is 1.92 bits per heavy atom. The fourth-order valence-electron chi connectivity index (χ4n) is 2.08. The van der Waals surface area contributed by atoms with Gasteiger partial charge in [0, 0.05) is 10.8 Å². The fourth-order valence-corrected chi connectivity index (χ4v) is 3.21. The van der Waals surface area contributed by atoms with Crippen LogP contribution in [0, 0.1) is 6.92 Å². The molecule has 0 radical (unpaired) electrons. The SMILES string of the molecule is Cc1ccc(OC[C@H](C)NC(=O)CSCc2ccccc2Cl)cc1. The van der Waals surface area contributed by atoms with Crippen LogP contribution in [0.1, 0.15) is 18.1 Å². The van der Waals surface area contributed by atoms with Gasteiger partial charge in [0.1, 0.15) is 12.4 Å². The minimum Gasteiger partial charge on any atom is -0.491 e. The third kappa shape index (κ3) is 6.46. The number of carbonyl (C=O) groups is 1. The highest BCUT2D eigenvalue weighted by Gasteiger charge is 2.09. The van der Waals surface area contributed by atoms with Crippen LogP contribution in [0.15, 0.2) is 48.5 Å². The van der Waals surface area contributed by atoms with Crippen molar-refractivity contribution >= 4 is 29.3 Å². The Labute approximate surface area is 152 Å². The Morgan fingerprint density at radius 1 is 1.21 bits per heavy atom. The lowest BCUT2D eigenvalue weighted by Crippen LogP contribution is -2.37. The van der Waals surface area contributed by atoms with Gasteiger partial charge in [-0.05, 0) is 37.6 Å². The average molecular weight is 364 g/mol. The van der Waals surface area contributed by atoms with Crippen LogP contribution in [-0.4, -0.2) is 24.3 Å². The highest BCUT2D eigenvalue weighted by Crippen LogP contribution is 2.20. The molecule has 0 spiro atoms. The zero-order valence-corrected chi connectivity index (χ0v) is 15.5. The lowest BCUT2D eigenvalue weighted by molar-refractivity contribution is -0.119. The van der Waals surface area contributed by atoms with Crippen LogP contribution < -0.4 is 10.1 Å². The number of benzene rings is 2. The number of halogens is 1. The van der Waals surface area contributed by atoms with Gasteiger partial charge in [0.15, 0.2) is 0 Å². The van der Waals surface area contributed by atoms with E-state index in [1.54, 1.807) is 11.8 Å². The van der Waals surface area contributed by atoms with Crippen molar-refractivity contribution < 1.29 is 9.53 Å². The Kier molecular flexibility index (Phi) is 7.47. The molecule has 0 saturated carbocycles. The number of aryl methyl sites for hydroxylation is 1. The molecule has 1 atom stereocenters. The van der Waals surface area contributed by atoms with E-state index in [0.717, 1.165) is 22.1 Å². The van der Waals surface area contributed by atoms with Gasteiger partial charge in [-0.15, -0.1) is 11.8 Å². The number of hydrogen-bond acceptors (Lipinski definition) is 3. The molecule has 0 bridgehead atoms. The molecule has 5 heteroatoms. The normalized spacial score (nSPS) is 11.8. The van der Waals surface area contributed by atoms with E-state index < -0.39 is 0 Å². The van der Waals surface area contributed by atoms with Gasteiger partial charge < -0.3 is 10.1 Å². The summed E-state index contributed by atoms with van der Waals surface area (Å²) in [4.78, 5) is 12.0. The zero-order chi connectivity index (χ0) is 17.4. The molecule has 3 nitrogen and oxygen atoms in total. The maximum Gasteiger partial charge on any atom is 0.230 e. The summed E-state index contributed by atoms with van der Waals surface area (Å²) in [6, 6.07) is 15.5. The second-order valence-corrected chi connectivity index (χ2v) is 7.07. The van der Waals surface area contributed by atoms with E-state index in [0.29, 0.717) is 12.4 Å². The first-order chi connectivity index (χ1) is 11.5. The Bertz CT molecular complexity index is 661. The van der Waals surface area contributed by atoms with Crippen molar-refractivity contribution in [3.8, 4) is 5.75 Å². The van der Waals surface area contributed by atoms with Crippen molar-refractivity contribution in [3.05, 3.63) is 64.7 Å². The number of carbonyl (C=O) groups excluding carboxylic acids is 1. The highest BCUT2D eigenvalue weighted by atomic mass is 35.5. The van der Waals surface area contributed by atoms with Crippen molar-refractivity contribution in [2.45, 2.75) is 25.6 Å². The summed E-state index contributed by atoms with van der Waals surface area (Å²) in [5.41, 5.74) is 2.24. The Balaban J connectivity index is 1.66. The van der Waals surface area contributed by atoms with Crippen molar-refractivity contribution in [1.82, 2.24) is 5.32 Å². The van der Waals surface area contributed by atoms with E-state index in [1.165, 1.54) is 5.56 Å². The number of ether oxygens (including phenoxy) is 1. The summed E-state index contributed by atoms with van der Waals surface area (Å²) in [5, 5.41) is 3.69. The van der Waals surface area contributed by atoms with E-state index in [2.05, 4.69) is 5.32 Å². The molecule has 0 saturated heterocycles. The van der Waals surface area contributed by atoms with E-state index >= 15 is 0 Å². The molecule has 0 aliphatic heterocycles. The monoisotopic (exact) mass is 363 g/mol. The maximum atomic E-state index is 12.0. The van der Waals surface area contributed by atoms with Crippen LogP contribution in [0.25, 0.3) is 0 Å². The molecule has 0 aromatic heterocycles. The Hall–Kier alpha value is -1.65. The fraction of sp³-hybridized carbons (Fsp3) is 0.316. The van der Waals surface area contributed by atoms with Crippen molar-refractivity contribution in [1.29, 1.82) is 0 Å². The quantitative estimate of drug-likeness (QED) is 0.752. The van der Waals surface area contributed by atoms with Gasteiger partial charge in [0.2, 0.25) is 5.91 Å². The first-order valence-corrected chi connectivity index (χ1v) is 9.38. The molecule has 24 heavy (non-hydrogen) atoms. The van der Waals surface area contributed by atoms with Crippen molar-refractivity contribution in [2.75, 3.05) is 12.4 Å². The van der Waals surface area contributed by atoms with Gasteiger partial charge >= 0.3 is 0 Å². The summed E-state index contributed by atoms with van der Waals surface area (Å²) >= 11 is 7.65. The number of hydrogen-bond donors (Lipinski definition) is 1. The van der Waals surface area contributed by atoms with Gasteiger partial charge in [0.25, 0.3) is 0 Å². The van der Waals surface area contributed by atoms with E-state index in [-0.39, 0.29) is 11.9 Å². The predicted octanol–water partition coefficient (Wildman–Crippen LogP) is 4.47. The predicted molar refractivity (Wildman–Crippen MR) is 102 cm³/mol. The largest absolute Gasteiger partial charge is 0.491 e. The van der Waals surface area contributed by atoms with Crippen LogP contribution in [0.5, 0.6) is 5.75 Å². The molecule has 128 valence electrons. The van der Waals surface area contributed by atoms with Gasteiger partial charge in [-0.1, -0.05) is 47.5 Å². The molecule has 2 rings (SSSR count). The molecule has 0 aliphatic rings. The van der Waals surface area contributed by atoms with E-state index in [1.807, 2.05) is 62.4 Å². The van der Waals surface area contributed by atoms with Crippen molar-refractivity contribution in [3.63, 3.8) is 0 Å². The average Bonchev–Trinajstić information content (AvgIpc) is 2.56. The van der Waals surface area contributed by atoms with Gasteiger partial charge in [0.05, 0.1) is 11.8 Å². The molecule has 0 heterocycles. The van der Waals surface area contributed by atoms with E-state index in [9.17, 15) is 4.79 Å². The van der Waals surface area contributed by atoms with E-state index in [4.69, 9.17) is 16.3 Å². The first kappa shape index (κ1) is 18.7. The third-order valence-electron chi connectivity index (χ3n) is 3.38. The zero-order valence-electron chi connectivity index (χ0n) is 13.9. The molecule has 1 N–H and O–H groups in total. The second kappa shape index (κ2) is 9.60. The minimum absolute atomic E-state index is 0.00654. The molecular weight excluding hydrogens is 342 g/mol. The summed E-state index contributed by atoms with van der Waals surface area (Å²) in [5.74, 6) is 1.95. The van der Waals surface area contributed by atoms with Crippen LogP contribution >= 0.6 is 23.4 Å². The van der Waals surface area contributed by atoms with Crippen molar-refractivity contribution in [2.24, 2.45) is 0 Å². The lowest BCUT2D eigenvalue weighted by Gasteiger charge is -2.15. The number of rotatable bonds is 8. The molecule has 0 fully saturated rings. The van der Waals surface area contributed by atoms with Gasteiger partial charge in [-0.2, -0.15) is 0 Å². The second-order valence-electron chi connectivity index (χ2n) is 5.68. The molecule has 1 amide bonds. The first-order valence-electron chi connectivity index (χ1n) is 7.84. The third-order valence-corrected chi connectivity index (χ3v) is 4.73.